The molecule has 7 nitrogen and oxygen atoms in total. The fourth-order valence-electron chi connectivity index (χ4n) is 4.08. The minimum atomic E-state index is -4.19. The van der Waals surface area contributed by atoms with Gasteiger partial charge in [0, 0.05) is 18.7 Å². The molecule has 210 valence electrons. The number of pyridine rings is 1. The maximum Gasteiger partial charge on any atom is 0.472 e. The zero-order valence-corrected chi connectivity index (χ0v) is 23.6. The van der Waals surface area contributed by atoms with Crippen molar-refractivity contribution in [2.75, 3.05) is 26.4 Å². The molecule has 0 amide bonds. The van der Waals surface area contributed by atoms with Crippen molar-refractivity contribution < 1.29 is 32.9 Å². The summed E-state index contributed by atoms with van der Waals surface area (Å²) in [6, 6.07) is 5.62. The molecule has 0 aliphatic heterocycles. The number of rotatable bonds is 26. The summed E-state index contributed by atoms with van der Waals surface area (Å²) >= 11 is 0. The minimum absolute atomic E-state index is 0.0360. The van der Waals surface area contributed by atoms with E-state index in [1.165, 1.54) is 89.9 Å². The number of hydrogen-bond donors (Lipinski definition) is 2. The average molecular weight is 531 g/mol. The summed E-state index contributed by atoms with van der Waals surface area (Å²) in [5.41, 5.74) is 0. The van der Waals surface area contributed by atoms with Crippen LogP contribution < -0.4 is 4.57 Å². The maximum atomic E-state index is 11.9. The molecule has 0 saturated heterocycles. The first-order valence-electron chi connectivity index (χ1n) is 14.4. The van der Waals surface area contributed by atoms with Gasteiger partial charge in [0.2, 0.25) is 0 Å². The van der Waals surface area contributed by atoms with E-state index >= 15 is 0 Å². The largest absolute Gasteiger partial charge is 0.472 e. The zero-order valence-electron chi connectivity index (χ0n) is 22.7. The SMILES string of the molecule is CCCCCCCCCCCCCCCCCCOC[C@@H](O)COP(=O)(O)OCC[n+]1ccccc1. The van der Waals surface area contributed by atoms with Crippen molar-refractivity contribution in [3.05, 3.63) is 30.6 Å². The first kappa shape index (κ1) is 33.2. The predicted octanol–water partition coefficient (Wildman–Crippen LogP) is 6.75. The minimum Gasteiger partial charge on any atom is -0.388 e. The molecule has 1 rings (SSSR count). The summed E-state index contributed by atoms with van der Waals surface area (Å²) in [5.74, 6) is 0. The number of aromatic nitrogens is 1. The van der Waals surface area contributed by atoms with Gasteiger partial charge in [0.25, 0.3) is 0 Å². The van der Waals surface area contributed by atoms with Gasteiger partial charge in [0.05, 0.1) is 13.2 Å². The topological polar surface area (TPSA) is 89.1 Å². The second kappa shape index (κ2) is 23.3. The number of nitrogens with zero attached hydrogens (tertiary/aromatic N) is 1. The smallest absolute Gasteiger partial charge is 0.388 e. The molecular weight excluding hydrogens is 477 g/mol. The van der Waals surface area contributed by atoms with E-state index in [-0.39, 0.29) is 19.8 Å². The van der Waals surface area contributed by atoms with E-state index in [1.54, 1.807) is 0 Å². The van der Waals surface area contributed by atoms with Crippen LogP contribution in [0.25, 0.3) is 0 Å². The Labute approximate surface area is 220 Å². The summed E-state index contributed by atoms with van der Waals surface area (Å²) < 4.78 is 29.0. The van der Waals surface area contributed by atoms with Gasteiger partial charge < -0.3 is 14.7 Å². The Morgan fingerprint density at radius 1 is 0.694 bits per heavy atom. The van der Waals surface area contributed by atoms with E-state index < -0.39 is 13.9 Å². The van der Waals surface area contributed by atoms with Gasteiger partial charge >= 0.3 is 7.82 Å². The van der Waals surface area contributed by atoms with Crippen molar-refractivity contribution in [3.63, 3.8) is 0 Å². The van der Waals surface area contributed by atoms with Gasteiger partial charge in [-0.15, -0.1) is 0 Å². The van der Waals surface area contributed by atoms with E-state index in [0.29, 0.717) is 13.2 Å². The van der Waals surface area contributed by atoms with Crippen molar-refractivity contribution in [2.24, 2.45) is 0 Å². The number of ether oxygens (including phenoxy) is 1. The van der Waals surface area contributed by atoms with Crippen LogP contribution in [0.1, 0.15) is 110 Å². The molecule has 2 N–H and O–H groups in total. The number of aliphatic hydroxyl groups excluding tert-OH is 1. The van der Waals surface area contributed by atoms with Crippen molar-refractivity contribution in [3.8, 4) is 0 Å². The molecule has 36 heavy (non-hydrogen) atoms. The Bertz CT molecular complexity index is 648. The summed E-state index contributed by atoms with van der Waals surface area (Å²) in [6.45, 7) is 3.10. The zero-order chi connectivity index (χ0) is 26.2. The molecule has 8 heteroatoms. The van der Waals surface area contributed by atoms with Gasteiger partial charge in [-0.1, -0.05) is 109 Å². The third-order valence-corrected chi connectivity index (χ3v) is 7.25. The Balaban J connectivity index is 1.83. The van der Waals surface area contributed by atoms with Gasteiger partial charge in [0.1, 0.15) is 12.7 Å². The van der Waals surface area contributed by atoms with Gasteiger partial charge in [-0.2, -0.15) is 0 Å². The molecule has 0 radical (unpaired) electrons. The molecule has 0 fully saturated rings. The lowest BCUT2D eigenvalue weighted by Gasteiger charge is -2.15. The first-order valence-corrected chi connectivity index (χ1v) is 15.8. The van der Waals surface area contributed by atoms with Crippen LogP contribution >= 0.6 is 7.82 Å². The molecule has 0 bridgehead atoms. The van der Waals surface area contributed by atoms with E-state index in [4.69, 9.17) is 13.8 Å². The third-order valence-electron chi connectivity index (χ3n) is 6.26. The molecule has 0 aliphatic rings. The number of unbranched alkanes of at least 4 members (excludes halogenated alkanes) is 15. The van der Waals surface area contributed by atoms with Crippen LogP contribution in [-0.4, -0.2) is 42.5 Å². The Morgan fingerprint density at radius 3 is 1.72 bits per heavy atom. The number of phosphoric acid groups is 1. The Hall–Kier alpha value is -0.820. The Morgan fingerprint density at radius 2 is 1.19 bits per heavy atom. The van der Waals surface area contributed by atoms with Gasteiger partial charge in [-0.25, -0.2) is 9.13 Å². The van der Waals surface area contributed by atoms with Crippen LogP contribution in [0.3, 0.4) is 0 Å². The molecule has 1 aromatic heterocycles. The highest BCUT2D eigenvalue weighted by atomic mass is 31.2. The summed E-state index contributed by atoms with van der Waals surface area (Å²) in [4.78, 5) is 9.72. The molecule has 0 aromatic carbocycles. The number of aliphatic hydroxyl groups is 1. The normalized spacial score (nSPS) is 14.1. The molecule has 2 atom stereocenters. The summed E-state index contributed by atoms with van der Waals surface area (Å²) in [6.07, 6.45) is 24.0. The van der Waals surface area contributed by atoms with E-state index in [1.807, 2.05) is 35.2 Å². The lowest BCUT2D eigenvalue weighted by Crippen LogP contribution is -2.34. The molecule has 0 aliphatic carbocycles. The highest BCUT2D eigenvalue weighted by molar-refractivity contribution is 7.47. The summed E-state index contributed by atoms with van der Waals surface area (Å²) in [5, 5.41) is 9.91. The second-order valence-electron chi connectivity index (χ2n) is 9.74. The standard InChI is InChI=1S/C28H52NO6P/c1-2-3-4-5-6-7-8-9-10-11-12-13-14-15-16-20-24-33-26-28(30)27-35-36(31,32)34-25-23-29-21-18-17-19-22-29/h17-19,21-22,28,30H,2-16,20,23-27H2,1H3/p+1/t28-/m1/s1. The summed E-state index contributed by atoms with van der Waals surface area (Å²) in [7, 11) is -4.19. The maximum absolute atomic E-state index is 11.9. The van der Waals surface area contributed by atoms with Gasteiger partial charge in [-0.3, -0.25) is 9.05 Å². The van der Waals surface area contributed by atoms with Crippen LogP contribution in [0.15, 0.2) is 30.6 Å². The fraction of sp³-hybridized carbons (Fsp3) is 0.821. The molecule has 0 spiro atoms. The molecule has 0 saturated carbocycles. The van der Waals surface area contributed by atoms with Crippen molar-refractivity contribution in [1.82, 2.24) is 0 Å². The fourth-order valence-corrected chi connectivity index (χ4v) is 4.83. The highest BCUT2D eigenvalue weighted by Crippen LogP contribution is 2.42. The molecular formula is C28H53NO6P+. The number of phosphoric ester groups is 1. The van der Waals surface area contributed by atoms with E-state index in [9.17, 15) is 14.6 Å². The quantitative estimate of drug-likeness (QED) is 0.0783. The van der Waals surface area contributed by atoms with E-state index in [0.717, 1.165) is 12.8 Å². The van der Waals surface area contributed by atoms with Crippen LogP contribution in [0.4, 0.5) is 0 Å². The average Bonchev–Trinajstić information content (AvgIpc) is 2.87. The van der Waals surface area contributed by atoms with Crippen LogP contribution in [0, 0.1) is 0 Å². The Kier molecular flexibility index (Phi) is 21.5. The van der Waals surface area contributed by atoms with Crippen LogP contribution in [0.5, 0.6) is 0 Å². The monoisotopic (exact) mass is 530 g/mol. The van der Waals surface area contributed by atoms with Crippen LogP contribution in [0.2, 0.25) is 0 Å². The van der Waals surface area contributed by atoms with Gasteiger partial charge in [-0.05, 0) is 6.42 Å². The first-order chi connectivity index (χ1) is 17.5. The predicted molar refractivity (Wildman–Crippen MR) is 145 cm³/mol. The van der Waals surface area contributed by atoms with Crippen molar-refractivity contribution in [1.29, 1.82) is 0 Å². The second-order valence-corrected chi connectivity index (χ2v) is 11.2. The van der Waals surface area contributed by atoms with Gasteiger partial charge in [0.15, 0.2) is 18.9 Å². The lowest BCUT2D eigenvalue weighted by atomic mass is 10.0. The van der Waals surface area contributed by atoms with Crippen molar-refractivity contribution in [2.45, 2.75) is 122 Å². The number of hydrogen-bond acceptors (Lipinski definition) is 5. The van der Waals surface area contributed by atoms with Crippen LogP contribution in [-0.2, 0) is 24.9 Å². The molecule has 1 unspecified atom stereocenters. The van der Waals surface area contributed by atoms with E-state index in [2.05, 4.69) is 6.92 Å². The third kappa shape index (κ3) is 21.3. The highest BCUT2D eigenvalue weighted by Gasteiger charge is 2.23. The molecule has 1 aromatic rings. The lowest BCUT2D eigenvalue weighted by molar-refractivity contribution is -0.697. The van der Waals surface area contributed by atoms with Crippen molar-refractivity contribution >= 4 is 7.82 Å². The molecule has 1 heterocycles.